The number of carbonyl (C=O) groups is 1. The number of rotatable bonds is 7. The monoisotopic (exact) mass is 313 g/mol. The van der Waals surface area contributed by atoms with Gasteiger partial charge >= 0.3 is 0 Å². The summed E-state index contributed by atoms with van der Waals surface area (Å²) in [4.78, 5) is 12.6. The van der Waals surface area contributed by atoms with Crippen molar-refractivity contribution in [1.29, 1.82) is 0 Å². The number of hydrogen-bond donors (Lipinski definition) is 1. The first-order valence-electron chi connectivity index (χ1n) is 7.12. The Morgan fingerprint density at radius 3 is 2.61 bits per heavy atom. The second-order valence-electron chi connectivity index (χ2n) is 5.18. The molecule has 0 saturated carbocycles. The third-order valence-corrected chi connectivity index (χ3v) is 3.38. The van der Waals surface area contributed by atoms with Crippen LogP contribution in [0.4, 0.5) is 0 Å². The molecule has 1 aromatic heterocycles. The van der Waals surface area contributed by atoms with E-state index in [2.05, 4.69) is 36.1 Å². The molecule has 2 N–H and O–H groups in total. The summed E-state index contributed by atoms with van der Waals surface area (Å²) in [6, 6.07) is 9.60. The fraction of sp³-hybridized carbons (Fsp3) is 0.385. The summed E-state index contributed by atoms with van der Waals surface area (Å²) in [6.45, 7) is 0.519. The summed E-state index contributed by atoms with van der Waals surface area (Å²) in [5.74, 6) is 0.0766. The Hall–Kier alpha value is -3.04. The third kappa shape index (κ3) is 3.59. The van der Waals surface area contributed by atoms with E-state index >= 15 is 0 Å². The standard InChI is InChI=1S/C13H15N9O/c14-11(23)9-13(17-19-20-18-13)7-4-8-22-16-12(15-21-22)10-5-2-1-3-6-10/h1-3,5-6H,4,7-9H2,(H2,14,23). The zero-order chi connectivity index (χ0) is 16.1. The molecule has 0 spiro atoms. The van der Waals surface area contributed by atoms with Gasteiger partial charge in [-0.3, -0.25) is 4.79 Å². The first-order valence-corrected chi connectivity index (χ1v) is 7.12. The SMILES string of the molecule is NC(=O)CC1(CCCn2nnc(-c3ccccc3)n2)N=NN=N1. The molecule has 0 aliphatic carbocycles. The van der Waals surface area contributed by atoms with Crippen molar-refractivity contribution in [2.24, 2.45) is 26.4 Å². The van der Waals surface area contributed by atoms with E-state index in [1.807, 2.05) is 30.3 Å². The Labute approximate surface area is 131 Å². The van der Waals surface area contributed by atoms with Gasteiger partial charge in [-0.2, -0.15) is 4.80 Å². The Bertz CT molecular complexity index is 725. The molecule has 0 atom stereocenters. The van der Waals surface area contributed by atoms with Crippen molar-refractivity contribution in [3.8, 4) is 11.4 Å². The molecule has 3 rings (SSSR count). The summed E-state index contributed by atoms with van der Waals surface area (Å²) in [7, 11) is 0. The van der Waals surface area contributed by atoms with Crippen LogP contribution in [-0.4, -0.2) is 31.8 Å². The molecule has 1 aliphatic heterocycles. The van der Waals surface area contributed by atoms with E-state index in [-0.39, 0.29) is 6.42 Å². The minimum atomic E-state index is -0.978. The van der Waals surface area contributed by atoms with Gasteiger partial charge in [-0.1, -0.05) is 30.3 Å². The first kappa shape index (κ1) is 14.9. The highest BCUT2D eigenvalue weighted by Gasteiger charge is 2.34. The maximum atomic E-state index is 11.1. The summed E-state index contributed by atoms with van der Waals surface area (Å²) in [5, 5.41) is 27.2. The molecular formula is C13H15N9O. The lowest BCUT2D eigenvalue weighted by Crippen LogP contribution is -2.29. The van der Waals surface area contributed by atoms with Gasteiger partial charge in [-0.25, -0.2) is 0 Å². The molecule has 0 saturated heterocycles. The molecule has 1 aliphatic rings. The molecule has 10 heteroatoms. The van der Waals surface area contributed by atoms with Crippen molar-refractivity contribution in [3.63, 3.8) is 0 Å². The van der Waals surface area contributed by atoms with E-state index in [4.69, 9.17) is 5.73 Å². The first-order chi connectivity index (χ1) is 11.2. The lowest BCUT2D eigenvalue weighted by atomic mass is 10.0. The molecule has 23 heavy (non-hydrogen) atoms. The van der Waals surface area contributed by atoms with Gasteiger partial charge in [0.15, 0.2) is 0 Å². The predicted octanol–water partition coefficient (Wildman–Crippen LogP) is 1.52. The minimum Gasteiger partial charge on any atom is -0.370 e. The van der Waals surface area contributed by atoms with Crippen LogP contribution in [0, 0.1) is 0 Å². The zero-order valence-electron chi connectivity index (χ0n) is 12.3. The van der Waals surface area contributed by atoms with Crippen LogP contribution in [0.1, 0.15) is 19.3 Å². The molecule has 2 heterocycles. The van der Waals surface area contributed by atoms with Crippen LogP contribution >= 0.6 is 0 Å². The van der Waals surface area contributed by atoms with Crippen LogP contribution < -0.4 is 5.73 Å². The second-order valence-corrected chi connectivity index (χ2v) is 5.18. The minimum absolute atomic E-state index is 0.0138. The van der Waals surface area contributed by atoms with Crippen LogP contribution in [0.15, 0.2) is 51.0 Å². The Morgan fingerprint density at radius 1 is 1.17 bits per heavy atom. The maximum absolute atomic E-state index is 11.1. The fourth-order valence-corrected chi connectivity index (χ4v) is 2.31. The van der Waals surface area contributed by atoms with Crippen molar-refractivity contribution in [1.82, 2.24) is 20.2 Å². The van der Waals surface area contributed by atoms with Crippen molar-refractivity contribution in [3.05, 3.63) is 30.3 Å². The van der Waals surface area contributed by atoms with Crippen molar-refractivity contribution < 1.29 is 4.79 Å². The van der Waals surface area contributed by atoms with E-state index in [0.717, 1.165) is 5.56 Å². The number of nitrogens with two attached hydrogens (primary N) is 1. The number of aryl methyl sites for hydroxylation is 1. The molecule has 2 aromatic rings. The highest BCUT2D eigenvalue weighted by atomic mass is 16.1. The van der Waals surface area contributed by atoms with Gasteiger partial charge in [0.1, 0.15) is 0 Å². The van der Waals surface area contributed by atoms with Gasteiger partial charge in [0, 0.05) is 5.56 Å². The molecular weight excluding hydrogens is 298 g/mol. The number of nitrogens with zero attached hydrogens (tertiary/aromatic N) is 8. The molecule has 1 amide bonds. The predicted molar refractivity (Wildman–Crippen MR) is 78.7 cm³/mol. The highest BCUT2D eigenvalue weighted by Crippen LogP contribution is 2.29. The lowest BCUT2D eigenvalue weighted by Gasteiger charge is -2.16. The van der Waals surface area contributed by atoms with Gasteiger partial charge in [0.2, 0.25) is 17.4 Å². The largest absolute Gasteiger partial charge is 0.370 e. The van der Waals surface area contributed by atoms with Gasteiger partial charge in [0.25, 0.3) is 0 Å². The Morgan fingerprint density at radius 2 is 1.91 bits per heavy atom. The average molecular weight is 313 g/mol. The Balaban J connectivity index is 1.59. The van der Waals surface area contributed by atoms with Crippen molar-refractivity contribution >= 4 is 5.91 Å². The topological polar surface area (TPSA) is 136 Å². The van der Waals surface area contributed by atoms with Gasteiger partial charge in [0.05, 0.1) is 13.0 Å². The summed E-state index contributed by atoms with van der Waals surface area (Å²) in [5.41, 5.74) is 5.15. The molecule has 0 fully saturated rings. The van der Waals surface area contributed by atoms with E-state index in [9.17, 15) is 4.79 Å². The van der Waals surface area contributed by atoms with Crippen molar-refractivity contribution in [2.75, 3.05) is 0 Å². The zero-order valence-corrected chi connectivity index (χ0v) is 12.3. The second kappa shape index (κ2) is 6.38. The van der Waals surface area contributed by atoms with Crippen LogP contribution in [0.25, 0.3) is 11.4 Å². The number of primary amides is 1. The number of hydrogen-bond acceptors (Lipinski definition) is 8. The molecule has 0 radical (unpaired) electrons. The van der Waals surface area contributed by atoms with Crippen LogP contribution in [0.2, 0.25) is 0 Å². The van der Waals surface area contributed by atoms with Crippen LogP contribution in [-0.2, 0) is 11.3 Å². The number of aromatic nitrogens is 4. The third-order valence-electron chi connectivity index (χ3n) is 3.38. The molecule has 1 aromatic carbocycles. The van der Waals surface area contributed by atoms with E-state index < -0.39 is 11.6 Å². The number of benzene rings is 1. The van der Waals surface area contributed by atoms with Gasteiger partial charge in [-0.15, -0.1) is 20.4 Å². The summed E-state index contributed by atoms with van der Waals surface area (Å²) in [6.07, 6.45) is 1.10. The molecule has 0 bridgehead atoms. The van der Waals surface area contributed by atoms with Gasteiger partial charge in [-0.05, 0) is 28.5 Å². The maximum Gasteiger partial charge on any atom is 0.221 e. The Kier molecular flexibility index (Phi) is 4.13. The number of amides is 1. The molecule has 118 valence electrons. The van der Waals surface area contributed by atoms with Gasteiger partial charge < -0.3 is 5.73 Å². The van der Waals surface area contributed by atoms with Crippen molar-refractivity contribution in [2.45, 2.75) is 31.5 Å². The molecule has 10 nitrogen and oxygen atoms in total. The quantitative estimate of drug-likeness (QED) is 0.828. The summed E-state index contributed by atoms with van der Waals surface area (Å²) >= 11 is 0. The number of carbonyl (C=O) groups excluding carboxylic acids is 1. The lowest BCUT2D eigenvalue weighted by molar-refractivity contribution is -0.119. The van der Waals surface area contributed by atoms with E-state index in [1.165, 1.54) is 4.80 Å². The fourth-order valence-electron chi connectivity index (χ4n) is 2.31. The highest BCUT2D eigenvalue weighted by molar-refractivity contribution is 5.75. The molecule has 0 unspecified atom stereocenters. The normalized spacial score (nSPS) is 15.1. The van der Waals surface area contributed by atoms with E-state index in [0.29, 0.717) is 25.2 Å². The van der Waals surface area contributed by atoms with Crippen LogP contribution in [0.3, 0.4) is 0 Å². The van der Waals surface area contributed by atoms with E-state index in [1.54, 1.807) is 0 Å². The smallest absolute Gasteiger partial charge is 0.221 e. The number of tetrazole rings is 1. The average Bonchev–Trinajstić information content (AvgIpc) is 3.18. The van der Waals surface area contributed by atoms with Crippen LogP contribution in [0.5, 0.6) is 0 Å². The summed E-state index contributed by atoms with van der Waals surface area (Å²) < 4.78 is 0.